The zero-order valence-corrected chi connectivity index (χ0v) is 12.1. The molecule has 0 bridgehead atoms. The number of hydrogen-bond acceptors (Lipinski definition) is 2. The lowest BCUT2D eigenvalue weighted by molar-refractivity contribution is -0.117. The van der Waals surface area contributed by atoms with Crippen LogP contribution in [-0.4, -0.2) is 11.4 Å². The number of carbonyl (C=O) groups is 1. The van der Waals surface area contributed by atoms with Crippen molar-refractivity contribution in [1.82, 2.24) is 0 Å². The van der Waals surface area contributed by atoms with Crippen LogP contribution in [0.4, 0.5) is 15.8 Å². The van der Waals surface area contributed by atoms with Crippen LogP contribution in [0.3, 0.4) is 0 Å². The van der Waals surface area contributed by atoms with Crippen LogP contribution in [0.2, 0.25) is 0 Å². The highest BCUT2D eigenvalue weighted by Gasteiger charge is 2.37. The van der Waals surface area contributed by atoms with Gasteiger partial charge in [-0.3, -0.25) is 4.79 Å². The van der Waals surface area contributed by atoms with Crippen LogP contribution in [0, 0.1) is 5.82 Å². The predicted octanol–water partition coefficient (Wildman–Crippen LogP) is 4.05. The molecule has 1 aliphatic heterocycles. The molecule has 3 nitrogen and oxygen atoms in total. The van der Waals surface area contributed by atoms with E-state index < -0.39 is 0 Å². The highest BCUT2D eigenvalue weighted by molar-refractivity contribution is 9.10. The van der Waals surface area contributed by atoms with Crippen molar-refractivity contribution in [1.29, 1.82) is 0 Å². The first-order valence-corrected chi connectivity index (χ1v) is 7.44. The Labute approximate surface area is 120 Å². The van der Waals surface area contributed by atoms with Gasteiger partial charge in [0.1, 0.15) is 5.82 Å². The van der Waals surface area contributed by atoms with Crippen molar-refractivity contribution in [2.45, 2.75) is 44.1 Å². The zero-order valence-electron chi connectivity index (χ0n) is 10.6. The van der Waals surface area contributed by atoms with Gasteiger partial charge in [0.25, 0.3) is 0 Å². The number of nitrogens with one attached hydrogen (secondary N) is 2. The van der Waals surface area contributed by atoms with E-state index in [-0.39, 0.29) is 17.3 Å². The Morgan fingerprint density at radius 2 is 1.89 bits per heavy atom. The van der Waals surface area contributed by atoms with E-state index in [0.29, 0.717) is 22.3 Å². The molecule has 1 aliphatic carbocycles. The molecule has 0 aromatic heterocycles. The number of fused-ring (bicyclic) bond motifs is 1. The number of anilines is 2. The van der Waals surface area contributed by atoms with E-state index >= 15 is 0 Å². The number of carbonyl (C=O) groups excluding carboxylic acids is 1. The molecular weight excluding hydrogens is 311 g/mol. The van der Waals surface area contributed by atoms with E-state index in [1.165, 1.54) is 12.5 Å². The molecule has 19 heavy (non-hydrogen) atoms. The second kappa shape index (κ2) is 4.78. The number of halogens is 2. The molecule has 1 aromatic rings. The molecule has 1 amide bonds. The topological polar surface area (TPSA) is 41.1 Å². The molecule has 1 aromatic carbocycles. The van der Waals surface area contributed by atoms with Gasteiger partial charge in [-0.2, -0.15) is 0 Å². The minimum absolute atomic E-state index is 0.00616. The molecule has 0 radical (unpaired) electrons. The summed E-state index contributed by atoms with van der Waals surface area (Å²) in [7, 11) is 0. The molecule has 1 fully saturated rings. The molecule has 3 rings (SSSR count). The predicted molar refractivity (Wildman–Crippen MR) is 76.8 cm³/mol. The fourth-order valence-electron chi connectivity index (χ4n) is 3.12. The minimum Gasteiger partial charge on any atom is -0.377 e. The summed E-state index contributed by atoms with van der Waals surface area (Å²) in [6.45, 7) is 0. The quantitative estimate of drug-likeness (QED) is 0.755. The SMILES string of the molecule is O=C1CC2(CCCCC2)Nc2cc(F)c(Br)cc2N1. The van der Waals surface area contributed by atoms with Gasteiger partial charge in [0.2, 0.25) is 5.91 Å². The highest BCUT2D eigenvalue weighted by Crippen LogP contribution is 2.40. The fourth-order valence-corrected chi connectivity index (χ4v) is 3.46. The van der Waals surface area contributed by atoms with Crippen LogP contribution in [0.25, 0.3) is 0 Å². The molecule has 5 heteroatoms. The average molecular weight is 327 g/mol. The van der Waals surface area contributed by atoms with Gasteiger partial charge in [0.05, 0.1) is 15.8 Å². The summed E-state index contributed by atoms with van der Waals surface area (Å²) < 4.78 is 14.1. The minimum atomic E-state index is -0.312. The molecule has 0 atom stereocenters. The van der Waals surface area contributed by atoms with Gasteiger partial charge in [-0.05, 0) is 34.8 Å². The molecule has 2 aliphatic rings. The van der Waals surface area contributed by atoms with Crippen LogP contribution >= 0.6 is 15.9 Å². The summed E-state index contributed by atoms with van der Waals surface area (Å²) in [6.07, 6.45) is 5.85. The van der Waals surface area contributed by atoms with Crippen LogP contribution in [0.5, 0.6) is 0 Å². The molecule has 1 heterocycles. The molecular formula is C14H16BrFN2O. The number of amides is 1. The zero-order chi connectivity index (χ0) is 13.5. The van der Waals surface area contributed by atoms with Gasteiger partial charge in [-0.1, -0.05) is 19.3 Å². The van der Waals surface area contributed by atoms with E-state index in [4.69, 9.17) is 0 Å². The maximum Gasteiger partial charge on any atom is 0.226 e. The molecule has 1 spiro atoms. The van der Waals surface area contributed by atoms with Gasteiger partial charge in [0, 0.05) is 18.0 Å². The first-order chi connectivity index (χ1) is 9.08. The van der Waals surface area contributed by atoms with E-state index in [1.54, 1.807) is 6.07 Å². The smallest absolute Gasteiger partial charge is 0.226 e. The van der Waals surface area contributed by atoms with E-state index in [0.717, 1.165) is 25.7 Å². The van der Waals surface area contributed by atoms with Crippen molar-refractivity contribution in [2.75, 3.05) is 10.6 Å². The van der Waals surface area contributed by atoms with Crippen molar-refractivity contribution >= 4 is 33.2 Å². The number of hydrogen-bond donors (Lipinski definition) is 2. The summed E-state index contributed by atoms with van der Waals surface area (Å²) in [5.41, 5.74) is 1.14. The lowest BCUT2D eigenvalue weighted by Gasteiger charge is -2.37. The second-order valence-electron chi connectivity index (χ2n) is 5.50. The summed E-state index contributed by atoms with van der Waals surface area (Å²) in [5.74, 6) is -0.306. The van der Waals surface area contributed by atoms with Crippen LogP contribution in [-0.2, 0) is 4.79 Å². The fraction of sp³-hybridized carbons (Fsp3) is 0.500. The first kappa shape index (κ1) is 12.9. The van der Waals surface area contributed by atoms with E-state index in [9.17, 15) is 9.18 Å². The Hall–Kier alpha value is -1.10. The lowest BCUT2D eigenvalue weighted by Crippen LogP contribution is -2.41. The van der Waals surface area contributed by atoms with E-state index in [1.807, 2.05) is 0 Å². The van der Waals surface area contributed by atoms with Gasteiger partial charge in [-0.15, -0.1) is 0 Å². The van der Waals surface area contributed by atoms with Crippen molar-refractivity contribution in [3.05, 3.63) is 22.4 Å². The first-order valence-electron chi connectivity index (χ1n) is 6.65. The third-order valence-corrected chi connectivity index (χ3v) is 4.65. The molecule has 0 unspecified atom stereocenters. The van der Waals surface area contributed by atoms with E-state index in [2.05, 4.69) is 26.6 Å². The summed E-state index contributed by atoms with van der Waals surface area (Å²) in [6, 6.07) is 3.08. The van der Waals surface area contributed by atoms with Crippen molar-refractivity contribution in [2.24, 2.45) is 0 Å². The normalized spacial score (nSPS) is 21.3. The highest BCUT2D eigenvalue weighted by atomic mass is 79.9. The summed E-state index contributed by atoms with van der Waals surface area (Å²) >= 11 is 3.15. The molecule has 1 saturated carbocycles. The number of benzene rings is 1. The lowest BCUT2D eigenvalue weighted by atomic mass is 9.79. The Morgan fingerprint density at radius 1 is 1.16 bits per heavy atom. The van der Waals surface area contributed by atoms with Gasteiger partial charge in [-0.25, -0.2) is 4.39 Å². The van der Waals surface area contributed by atoms with Gasteiger partial charge >= 0.3 is 0 Å². The largest absolute Gasteiger partial charge is 0.377 e. The molecule has 102 valence electrons. The van der Waals surface area contributed by atoms with Crippen molar-refractivity contribution in [3.8, 4) is 0 Å². The monoisotopic (exact) mass is 326 g/mol. The van der Waals surface area contributed by atoms with Crippen LogP contribution < -0.4 is 10.6 Å². The van der Waals surface area contributed by atoms with Gasteiger partial charge < -0.3 is 10.6 Å². The maximum atomic E-state index is 13.7. The Balaban J connectivity index is 2.01. The van der Waals surface area contributed by atoms with Crippen LogP contribution in [0.1, 0.15) is 38.5 Å². The van der Waals surface area contributed by atoms with Crippen molar-refractivity contribution in [3.63, 3.8) is 0 Å². The number of rotatable bonds is 0. The Morgan fingerprint density at radius 3 is 2.63 bits per heavy atom. The molecule has 0 saturated heterocycles. The van der Waals surface area contributed by atoms with Crippen molar-refractivity contribution < 1.29 is 9.18 Å². The van der Waals surface area contributed by atoms with Crippen LogP contribution in [0.15, 0.2) is 16.6 Å². The average Bonchev–Trinajstić information content (AvgIpc) is 2.47. The summed E-state index contributed by atoms with van der Waals surface area (Å²) in [4.78, 5) is 12.1. The molecule has 2 N–H and O–H groups in total. The third kappa shape index (κ3) is 2.48. The Kier molecular flexibility index (Phi) is 3.25. The van der Waals surface area contributed by atoms with Gasteiger partial charge in [0.15, 0.2) is 0 Å². The Bertz CT molecular complexity index is 526. The second-order valence-corrected chi connectivity index (χ2v) is 6.36. The summed E-state index contributed by atoms with van der Waals surface area (Å²) in [5, 5.41) is 6.29. The standard InChI is InChI=1S/C14H16BrFN2O/c15-9-6-11-12(7-10(9)16)18-14(8-13(19)17-11)4-2-1-3-5-14/h6-7,18H,1-5,8H2,(H,17,19). The third-order valence-electron chi connectivity index (χ3n) is 4.04. The maximum absolute atomic E-state index is 13.7.